The molecule has 0 amide bonds. The molecule has 0 aromatic heterocycles. The zero-order valence-electron chi connectivity index (χ0n) is 8.45. The minimum atomic E-state index is -0.709. The summed E-state index contributed by atoms with van der Waals surface area (Å²) in [5.74, 6) is 0.705. The Morgan fingerprint density at radius 2 is 2.36 bits per heavy atom. The molecule has 1 saturated heterocycles. The summed E-state index contributed by atoms with van der Waals surface area (Å²) in [5.41, 5.74) is 5.52. The van der Waals surface area contributed by atoms with E-state index in [1.54, 1.807) is 11.8 Å². The molecule has 0 bridgehead atoms. The summed E-state index contributed by atoms with van der Waals surface area (Å²) in [7, 11) is 0. The molecule has 14 heavy (non-hydrogen) atoms. The van der Waals surface area contributed by atoms with Crippen LogP contribution in [0.5, 0.6) is 0 Å². The first kappa shape index (κ1) is 11.8. The van der Waals surface area contributed by atoms with E-state index in [-0.39, 0.29) is 11.2 Å². The standard InChI is InChI=1S/C9H18N2O2S/c1-7(3-10)4-14-9(2-8(12)13)5-11-6-9/h7,11H,2-6,10H2,1H3,(H,12,13). The van der Waals surface area contributed by atoms with Gasteiger partial charge in [0.15, 0.2) is 0 Å². The van der Waals surface area contributed by atoms with Crippen LogP contribution in [0.4, 0.5) is 0 Å². The Morgan fingerprint density at radius 1 is 1.71 bits per heavy atom. The maximum Gasteiger partial charge on any atom is 0.304 e. The zero-order chi connectivity index (χ0) is 10.6. The molecule has 82 valence electrons. The Morgan fingerprint density at radius 3 is 2.71 bits per heavy atom. The van der Waals surface area contributed by atoms with Crippen LogP contribution in [0.1, 0.15) is 13.3 Å². The number of aliphatic carboxylic acids is 1. The van der Waals surface area contributed by atoms with Crippen molar-refractivity contribution in [2.24, 2.45) is 11.7 Å². The van der Waals surface area contributed by atoms with Gasteiger partial charge in [-0.3, -0.25) is 4.79 Å². The molecule has 0 radical (unpaired) electrons. The summed E-state index contributed by atoms with van der Waals surface area (Å²) in [6, 6.07) is 0. The van der Waals surface area contributed by atoms with Crippen molar-refractivity contribution in [1.82, 2.24) is 5.32 Å². The summed E-state index contributed by atoms with van der Waals surface area (Å²) in [5, 5.41) is 11.9. The molecule has 0 aliphatic carbocycles. The van der Waals surface area contributed by atoms with Crippen LogP contribution in [0.25, 0.3) is 0 Å². The first-order chi connectivity index (χ1) is 6.58. The van der Waals surface area contributed by atoms with Gasteiger partial charge in [-0.05, 0) is 18.2 Å². The van der Waals surface area contributed by atoms with Gasteiger partial charge in [-0.1, -0.05) is 6.92 Å². The summed E-state index contributed by atoms with van der Waals surface area (Å²) >= 11 is 1.75. The Labute approximate surface area is 88.6 Å². The highest BCUT2D eigenvalue weighted by molar-refractivity contribution is 8.00. The largest absolute Gasteiger partial charge is 0.481 e. The van der Waals surface area contributed by atoms with Gasteiger partial charge in [0, 0.05) is 13.1 Å². The van der Waals surface area contributed by atoms with Gasteiger partial charge in [0.2, 0.25) is 0 Å². The van der Waals surface area contributed by atoms with Crippen molar-refractivity contribution in [3.8, 4) is 0 Å². The van der Waals surface area contributed by atoms with Crippen molar-refractivity contribution < 1.29 is 9.90 Å². The lowest BCUT2D eigenvalue weighted by Crippen LogP contribution is -2.58. The van der Waals surface area contributed by atoms with Crippen LogP contribution in [-0.4, -0.2) is 41.2 Å². The van der Waals surface area contributed by atoms with Crippen molar-refractivity contribution in [1.29, 1.82) is 0 Å². The SMILES string of the molecule is CC(CN)CSC1(CC(=O)O)CNC1. The number of rotatable bonds is 6. The molecule has 1 heterocycles. The van der Waals surface area contributed by atoms with Crippen LogP contribution >= 0.6 is 11.8 Å². The third-order valence-electron chi connectivity index (χ3n) is 2.44. The predicted octanol–water partition coefficient (Wildman–Crippen LogP) is 0.131. The van der Waals surface area contributed by atoms with Crippen molar-refractivity contribution in [3.05, 3.63) is 0 Å². The van der Waals surface area contributed by atoms with Gasteiger partial charge in [-0.25, -0.2) is 0 Å². The molecule has 1 aliphatic rings. The van der Waals surface area contributed by atoms with Gasteiger partial charge in [0.1, 0.15) is 0 Å². The lowest BCUT2D eigenvalue weighted by Gasteiger charge is -2.41. The third kappa shape index (κ3) is 3.15. The van der Waals surface area contributed by atoms with E-state index in [1.807, 2.05) is 0 Å². The molecule has 5 heteroatoms. The van der Waals surface area contributed by atoms with E-state index >= 15 is 0 Å². The average molecular weight is 218 g/mol. The number of thioether (sulfide) groups is 1. The van der Waals surface area contributed by atoms with E-state index in [9.17, 15) is 4.79 Å². The first-order valence-corrected chi connectivity index (χ1v) is 5.83. The van der Waals surface area contributed by atoms with Crippen LogP contribution in [0, 0.1) is 5.92 Å². The third-order valence-corrected chi connectivity index (χ3v) is 4.23. The van der Waals surface area contributed by atoms with Gasteiger partial charge in [0.05, 0.1) is 11.2 Å². The molecule has 4 nitrogen and oxygen atoms in total. The van der Waals surface area contributed by atoms with E-state index in [0.717, 1.165) is 18.8 Å². The second kappa shape index (κ2) is 5.00. The normalized spacial score (nSPS) is 21.3. The number of carboxylic acids is 1. The van der Waals surface area contributed by atoms with Crippen LogP contribution in [0.15, 0.2) is 0 Å². The van der Waals surface area contributed by atoms with E-state index in [2.05, 4.69) is 12.2 Å². The smallest absolute Gasteiger partial charge is 0.304 e. The number of carbonyl (C=O) groups is 1. The zero-order valence-corrected chi connectivity index (χ0v) is 9.27. The highest BCUT2D eigenvalue weighted by Gasteiger charge is 2.39. The molecule has 1 atom stereocenters. The molecule has 1 fully saturated rings. The van der Waals surface area contributed by atoms with Crippen molar-refractivity contribution >= 4 is 17.7 Å². The summed E-state index contributed by atoms with van der Waals surface area (Å²) in [6.45, 7) is 4.37. The Hall–Kier alpha value is -0.260. The average Bonchev–Trinajstić information content (AvgIpc) is 2.08. The number of hydrogen-bond donors (Lipinski definition) is 3. The minimum Gasteiger partial charge on any atom is -0.481 e. The molecular weight excluding hydrogens is 200 g/mol. The summed E-state index contributed by atoms with van der Waals surface area (Å²) < 4.78 is -0.0741. The topological polar surface area (TPSA) is 75.4 Å². The predicted molar refractivity (Wildman–Crippen MR) is 58.5 cm³/mol. The molecular formula is C9H18N2O2S. The van der Waals surface area contributed by atoms with Crippen molar-refractivity contribution in [2.75, 3.05) is 25.4 Å². The molecule has 4 N–H and O–H groups in total. The molecule has 0 aromatic rings. The number of hydrogen-bond acceptors (Lipinski definition) is 4. The number of carboxylic acid groups (broad SMARTS) is 1. The molecule has 0 aromatic carbocycles. The van der Waals surface area contributed by atoms with Crippen molar-refractivity contribution in [2.45, 2.75) is 18.1 Å². The van der Waals surface area contributed by atoms with Crippen LogP contribution in [-0.2, 0) is 4.79 Å². The minimum absolute atomic E-state index is 0.0741. The fourth-order valence-electron chi connectivity index (χ4n) is 1.34. The monoisotopic (exact) mass is 218 g/mol. The lowest BCUT2D eigenvalue weighted by molar-refractivity contribution is -0.138. The first-order valence-electron chi connectivity index (χ1n) is 4.84. The highest BCUT2D eigenvalue weighted by atomic mass is 32.2. The Kier molecular flexibility index (Phi) is 4.22. The van der Waals surface area contributed by atoms with Crippen LogP contribution in [0.2, 0.25) is 0 Å². The highest BCUT2D eigenvalue weighted by Crippen LogP contribution is 2.34. The van der Waals surface area contributed by atoms with E-state index < -0.39 is 5.97 Å². The van der Waals surface area contributed by atoms with Crippen LogP contribution < -0.4 is 11.1 Å². The van der Waals surface area contributed by atoms with E-state index in [1.165, 1.54) is 0 Å². The second-order valence-corrected chi connectivity index (χ2v) is 5.50. The lowest BCUT2D eigenvalue weighted by atomic mass is 9.98. The maximum absolute atomic E-state index is 10.7. The Balaban J connectivity index is 2.34. The van der Waals surface area contributed by atoms with Crippen LogP contribution in [0.3, 0.4) is 0 Å². The van der Waals surface area contributed by atoms with Crippen molar-refractivity contribution in [3.63, 3.8) is 0 Å². The number of nitrogens with two attached hydrogens (primary N) is 1. The summed E-state index contributed by atoms with van der Waals surface area (Å²) in [4.78, 5) is 10.7. The van der Waals surface area contributed by atoms with Gasteiger partial charge >= 0.3 is 5.97 Å². The molecule has 1 unspecified atom stereocenters. The van der Waals surface area contributed by atoms with E-state index in [4.69, 9.17) is 10.8 Å². The van der Waals surface area contributed by atoms with Gasteiger partial charge in [-0.15, -0.1) is 0 Å². The molecule has 0 saturated carbocycles. The fraction of sp³-hybridized carbons (Fsp3) is 0.889. The summed E-state index contributed by atoms with van der Waals surface area (Å²) in [6.07, 6.45) is 0.252. The molecule has 0 spiro atoms. The maximum atomic E-state index is 10.7. The second-order valence-electron chi connectivity index (χ2n) is 4.01. The van der Waals surface area contributed by atoms with Gasteiger partial charge < -0.3 is 16.2 Å². The molecule has 1 aliphatic heterocycles. The Bertz CT molecular complexity index is 207. The van der Waals surface area contributed by atoms with E-state index in [0.29, 0.717) is 12.5 Å². The molecule has 1 rings (SSSR count). The van der Waals surface area contributed by atoms with Gasteiger partial charge in [-0.2, -0.15) is 11.8 Å². The quantitative estimate of drug-likeness (QED) is 0.591. The number of nitrogens with one attached hydrogen (secondary N) is 1. The fourth-order valence-corrected chi connectivity index (χ4v) is 2.75. The van der Waals surface area contributed by atoms with Gasteiger partial charge in [0.25, 0.3) is 0 Å².